The molecule has 0 radical (unpaired) electrons. The summed E-state index contributed by atoms with van der Waals surface area (Å²) in [6.07, 6.45) is 10.3. The van der Waals surface area contributed by atoms with E-state index in [1.165, 1.54) is 25.7 Å². The molecule has 20 heavy (non-hydrogen) atoms. The van der Waals surface area contributed by atoms with Crippen LogP contribution in [-0.2, 0) is 9.53 Å². The quantitative estimate of drug-likeness (QED) is 0.811. The molecule has 3 aliphatic rings. The van der Waals surface area contributed by atoms with Crippen molar-refractivity contribution in [2.24, 2.45) is 0 Å². The molecule has 2 aliphatic heterocycles. The van der Waals surface area contributed by atoms with E-state index in [9.17, 15) is 4.79 Å². The van der Waals surface area contributed by atoms with E-state index >= 15 is 0 Å². The Labute approximate surface area is 122 Å². The van der Waals surface area contributed by atoms with Gasteiger partial charge in [0.25, 0.3) is 0 Å². The van der Waals surface area contributed by atoms with Crippen LogP contribution in [0.15, 0.2) is 0 Å². The molecule has 2 bridgehead atoms. The fraction of sp³-hybridized carbons (Fsp3) is 0.938. The zero-order chi connectivity index (χ0) is 13.9. The Morgan fingerprint density at radius 1 is 1.20 bits per heavy atom. The van der Waals surface area contributed by atoms with Gasteiger partial charge in [-0.3, -0.25) is 4.79 Å². The van der Waals surface area contributed by atoms with Crippen molar-refractivity contribution in [2.45, 2.75) is 95.0 Å². The van der Waals surface area contributed by atoms with Crippen LogP contribution in [0.2, 0.25) is 0 Å². The van der Waals surface area contributed by atoms with Crippen molar-refractivity contribution >= 4 is 5.91 Å². The van der Waals surface area contributed by atoms with Gasteiger partial charge in [-0.2, -0.15) is 0 Å². The molecule has 2 N–H and O–H groups in total. The summed E-state index contributed by atoms with van der Waals surface area (Å²) in [5.41, 5.74) is 0. The number of hydrogen-bond donors (Lipinski definition) is 2. The number of hydrogen-bond acceptors (Lipinski definition) is 3. The Hall–Kier alpha value is -0.610. The third-order valence-electron chi connectivity index (χ3n) is 5.14. The smallest absolute Gasteiger partial charge is 0.249 e. The van der Waals surface area contributed by atoms with Gasteiger partial charge in [0.05, 0.1) is 6.10 Å². The highest BCUT2D eigenvalue weighted by atomic mass is 16.5. The maximum absolute atomic E-state index is 12.4. The molecule has 0 aromatic carbocycles. The molecule has 3 fully saturated rings. The Morgan fingerprint density at radius 3 is 2.45 bits per heavy atom. The van der Waals surface area contributed by atoms with E-state index in [2.05, 4.69) is 10.6 Å². The normalized spacial score (nSPS) is 35.1. The van der Waals surface area contributed by atoms with Crippen LogP contribution in [0.3, 0.4) is 0 Å². The van der Waals surface area contributed by atoms with Crippen LogP contribution in [0.25, 0.3) is 0 Å². The summed E-state index contributed by atoms with van der Waals surface area (Å²) < 4.78 is 6.01. The van der Waals surface area contributed by atoms with Gasteiger partial charge in [-0.05, 0) is 44.9 Å². The van der Waals surface area contributed by atoms with Crippen molar-refractivity contribution in [3.05, 3.63) is 0 Å². The minimum absolute atomic E-state index is 0.116. The molecule has 3 unspecified atom stereocenters. The summed E-state index contributed by atoms with van der Waals surface area (Å²) >= 11 is 0. The molecule has 1 aliphatic carbocycles. The number of ether oxygens (including phenoxy) is 1. The predicted molar refractivity (Wildman–Crippen MR) is 78.5 cm³/mol. The lowest BCUT2D eigenvalue weighted by atomic mass is 9.99. The Morgan fingerprint density at radius 2 is 1.85 bits per heavy atom. The average molecular weight is 280 g/mol. The number of piperidine rings is 1. The number of carbonyl (C=O) groups excluding carboxylic acids is 1. The van der Waals surface area contributed by atoms with Crippen molar-refractivity contribution in [3.63, 3.8) is 0 Å². The van der Waals surface area contributed by atoms with Gasteiger partial charge in [0.1, 0.15) is 6.10 Å². The van der Waals surface area contributed by atoms with E-state index in [1.807, 2.05) is 6.92 Å². The number of nitrogens with one attached hydrogen (secondary N) is 2. The van der Waals surface area contributed by atoms with E-state index < -0.39 is 0 Å². The maximum atomic E-state index is 12.4. The van der Waals surface area contributed by atoms with Gasteiger partial charge >= 0.3 is 0 Å². The number of fused-ring (bicyclic) bond motifs is 2. The first-order valence-electron chi connectivity index (χ1n) is 8.46. The Bertz CT molecular complexity index is 329. The topological polar surface area (TPSA) is 50.4 Å². The zero-order valence-electron chi connectivity index (χ0n) is 12.6. The fourth-order valence-corrected chi connectivity index (χ4v) is 4.07. The molecule has 0 spiro atoms. The van der Waals surface area contributed by atoms with Gasteiger partial charge in [-0.25, -0.2) is 0 Å². The van der Waals surface area contributed by atoms with Gasteiger partial charge in [-0.1, -0.05) is 19.8 Å². The van der Waals surface area contributed by atoms with Crippen LogP contribution < -0.4 is 10.6 Å². The van der Waals surface area contributed by atoms with E-state index in [4.69, 9.17) is 4.74 Å². The van der Waals surface area contributed by atoms with Gasteiger partial charge in [0.15, 0.2) is 0 Å². The minimum Gasteiger partial charge on any atom is -0.365 e. The summed E-state index contributed by atoms with van der Waals surface area (Å²) in [4.78, 5) is 12.4. The highest BCUT2D eigenvalue weighted by molar-refractivity contribution is 5.81. The standard InChI is InChI=1S/C16H28N2O2/c1-2-15(20-14-5-3-4-6-14)16(19)18-13-9-11-7-8-12(10-13)17-11/h11-15,17H,2-10H2,1H3,(H,18,19). The predicted octanol–water partition coefficient (Wildman–Crippen LogP) is 2.12. The van der Waals surface area contributed by atoms with E-state index in [1.54, 1.807) is 0 Å². The zero-order valence-corrected chi connectivity index (χ0v) is 12.6. The first-order chi connectivity index (χ1) is 9.74. The second-order valence-corrected chi connectivity index (χ2v) is 6.75. The van der Waals surface area contributed by atoms with Crippen molar-refractivity contribution in [2.75, 3.05) is 0 Å². The molecule has 2 saturated heterocycles. The molecule has 0 aromatic rings. The lowest BCUT2D eigenvalue weighted by molar-refractivity contribution is -0.137. The largest absolute Gasteiger partial charge is 0.365 e. The van der Waals surface area contributed by atoms with E-state index in [0.29, 0.717) is 24.2 Å². The van der Waals surface area contributed by atoms with Crippen molar-refractivity contribution < 1.29 is 9.53 Å². The number of rotatable bonds is 5. The molecule has 0 aromatic heterocycles. The number of amides is 1. The lowest BCUT2D eigenvalue weighted by Crippen LogP contribution is -2.50. The van der Waals surface area contributed by atoms with Gasteiger partial charge < -0.3 is 15.4 Å². The van der Waals surface area contributed by atoms with Crippen LogP contribution >= 0.6 is 0 Å². The molecule has 3 atom stereocenters. The highest BCUT2D eigenvalue weighted by Crippen LogP contribution is 2.27. The molecule has 1 amide bonds. The first-order valence-corrected chi connectivity index (χ1v) is 8.46. The third kappa shape index (κ3) is 3.34. The Kier molecular flexibility index (Phi) is 4.61. The summed E-state index contributed by atoms with van der Waals surface area (Å²) in [5, 5.41) is 6.85. The molecule has 114 valence electrons. The number of carbonyl (C=O) groups is 1. The van der Waals surface area contributed by atoms with Crippen LogP contribution in [0, 0.1) is 0 Å². The average Bonchev–Trinajstić information content (AvgIpc) is 3.06. The molecule has 2 heterocycles. The monoisotopic (exact) mass is 280 g/mol. The summed E-state index contributed by atoms with van der Waals surface area (Å²) in [6, 6.07) is 1.59. The summed E-state index contributed by atoms with van der Waals surface area (Å²) in [5.74, 6) is 0.116. The Balaban J connectivity index is 1.48. The highest BCUT2D eigenvalue weighted by Gasteiger charge is 2.35. The van der Waals surface area contributed by atoms with E-state index in [0.717, 1.165) is 32.1 Å². The molecule has 3 rings (SSSR count). The molecule has 4 nitrogen and oxygen atoms in total. The molecule has 1 saturated carbocycles. The molecular weight excluding hydrogens is 252 g/mol. The fourth-order valence-electron chi connectivity index (χ4n) is 4.07. The van der Waals surface area contributed by atoms with Crippen LogP contribution in [0.1, 0.15) is 64.7 Å². The van der Waals surface area contributed by atoms with Gasteiger partial charge in [0.2, 0.25) is 5.91 Å². The molecular formula is C16H28N2O2. The van der Waals surface area contributed by atoms with Crippen molar-refractivity contribution in [3.8, 4) is 0 Å². The van der Waals surface area contributed by atoms with Crippen LogP contribution in [-0.4, -0.2) is 36.2 Å². The summed E-state index contributed by atoms with van der Waals surface area (Å²) in [6.45, 7) is 2.05. The van der Waals surface area contributed by atoms with Crippen molar-refractivity contribution in [1.29, 1.82) is 0 Å². The van der Waals surface area contributed by atoms with Crippen molar-refractivity contribution in [1.82, 2.24) is 10.6 Å². The first kappa shape index (κ1) is 14.3. The van der Waals surface area contributed by atoms with E-state index in [-0.39, 0.29) is 12.0 Å². The second-order valence-electron chi connectivity index (χ2n) is 6.75. The van der Waals surface area contributed by atoms with Gasteiger partial charge in [-0.15, -0.1) is 0 Å². The SMILES string of the molecule is CCC(OC1CCCC1)C(=O)NC1CC2CCC(C1)N2. The third-order valence-corrected chi connectivity index (χ3v) is 5.14. The molecule has 4 heteroatoms. The second kappa shape index (κ2) is 6.44. The summed E-state index contributed by atoms with van der Waals surface area (Å²) in [7, 11) is 0. The van der Waals surface area contributed by atoms with Gasteiger partial charge in [0, 0.05) is 18.1 Å². The minimum atomic E-state index is -0.245. The maximum Gasteiger partial charge on any atom is 0.249 e. The van der Waals surface area contributed by atoms with Crippen LogP contribution in [0.5, 0.6) is 0 Å². The lowest BCUT2D eigenvalue weighted by Gasteiger charge is -2.31. The van der Waals surface area contributed by atoms with Crippen LogP contribution in [0.4, 0.5) is 0 Å².